The predicted molar refractivity (Wildman–Crippen MR) is 127 cm³/mol. The van der Waals surface area contributed by atoms with Crippen molar-refractivity contribution in [3.63, 3.8) is 0 Å². The molecule has 0 saturated carbocycles. The van der Waals surface area contributed by atoms with E-state index in [0.29, 0.717) is 3.63 Å². The van der Waals surface area contributed by atoms with Crippen LogP contribution in [0.2, 0.25) is 16.7 Å². The second-order valence-corrected chi connectivity index (χ2v) is 26.8. The van der Waals surface area contributed by atoms with E-state index in [9.17, 15) is 0 Å². The molecule has 30 heavy (non-hydrogen) atoms. The van der Waals surface area contributed by atoms with Crippen LogP contribution in [0.1, 0.15) is 48.0 Å². The summed E-state index contributed by atoms with van der Waals surface area (Å²) in [7, 11) is 1.78. The van der Waals surface area contributed by atoms with Gasteiger partial charge in [0, 0.05) is 0 Å². The molecule has 0 spiro atoms. The third-order valence-electron chi connectivity index (χ3n) is 7.15. The first-order valence-electron chi connectivity index (χ1n) is 10.8. The Hall–Kier alpha value is -1.44. The second-order valence-electron chi connectivity index (χ2n) is 8.85. The van der Waals surface area contributed by atoms with Crippen molar-refractivity contribution in [3.05, 3.63) is 93.6 Å². The first-order chi connectivity index (χ1) is 14.4. The molecule has 0 fully saturated rings. The average Bonchev–Trinajstić information content (AvgIpc) is 3.21. The van der Waals surface area contributed by atoms with Crippen molar-refractivity contribution in [1.82, 2.24) is 0 Å². The summed E-state index contributed by atoms with van der Waals surface area (Å²) in [6, 6.07) is 17.7. The zero-order chi connectivity index (χ0) is 21.6. The molecule has 2 aliphatic rings. The van der Waals surface area contributed by atoms with E-state index in [1.165, 1.54) is 16.7 Å². The zero-order valence-electron chi connectivity index (χ0n) is 19.3. The molecule has 2 aromatic carbocycles. The maximum atomic E-state index is 5.74. The van der Waals surface area contributed by atoms with Crippen molar-refractivity contribution in [2.45, 2.75) is 48.0 Å². The number of allylic oxidation sites excluding steroid dienone is 5. The van der Waals surface area contributed by atoms with Crippen LogP contribution in [0, 0.1) is 0 Å². The van der Waals surface area contributed by atoms with Crippen molar-refractivity contribution >= 4 is 11.0 Å². The van der Waals surface area contributed by atoms with Gasteiger partial charge in [0.2, 0.25) is 0 Å². The zero-order valence-corrected chi connectivity index (χ0v) is 22.7. The number of benzene rings is 2. The van der Waals surface area contributed by atoms with E-state index in [2.05, 4.69) is 95.4 Å². The van der Waals surface area contributed by atoms with Gasteiger partial charge >= 0.3 is 191 Å². The quantitative estimate of drug-likeness (QED) is 0.402. The van der Waals surface area contributed by atoms with Gasteiger partial charge in [0.25, 0.3) is 0 Å². The van der Waals surface area contributed by atoms with Crippen LogP contribution in [0.4, 0.5) is 0 Å². The molecule has 0 aliphatic heterocycles. The fraction of sp³-hybridized carbons (Fsp3) is 0.333. The summed E-state index contributed by atoms with van der Waals surface area (Å²) in [6.07, 6.45) is 2.64. The van der Waals surface area contributed by atoms with Gasteiger partial charge in [0.15, 0.2) is 0 Å². The first-order valence-corrected chi connectivity index (χ1v) is 19.9. The van der Waals surface area contributed by atoms with Crippen LogP contribution in [0.25, 0.3) is 5.57 Å². The van der Waals surface area contributed by atoms with Gasteiger partial charge in [0.1, 0.15) is 0 Å². The first kappa shape index (κ1) is 21.8. The number of fused-ring (bicyclic) bond motifs is 1. The van der Waals surface area contributed by atoms with E-state index in [-0.39, 0.29) is 5.43 Å². The number of hydrogen-bond donors (Lipinski definition) is 0. The third-order valence-corrected chi connectivity index (χ3v) is 26.8. The van der Waals surface area contributed by atoms with Gasteiger partial charge in [-0.2, -0.15) is 0 Å². The Kier molecular flexibility index (Phi) is 6.24. The van der Waals surface area contributed by atoms with E-state index in [0.717, 1.165) is 9.38 Å². The molecule has 0 aromatic heterocycles. The van der Waals surface area contributed by atoms with Crippen LogP contribution < -0.4 is 4.74 Å². The SMILES string of the molecule is COc1ccccc1C1=C[CH]([Zr]([CH]2C(C)=C(C)C(C)=C2C)=[Si](C)C)c2ccccc21. The summed E-state index contributed by atoms with van der Waals surface area (Å²) >= 11 is -1.91. The van der Waals surface area contributed by atoms with Crippen molar-refractivity contribution in [1.29, 1.82) is 0 Å². The summed E-state index contributed by atoms with van der Waals surface area (Å²) in [5, 5.41) is 0. The number of methoxy groups -OCH3 is 1. The fourth-order valence-corrected chi connectivity index (χ4v) is 25.9. The molecule has 2 aliphatic carbocycles. The molecule has 0 saturated heterocycles. The normalized spacial score (nSPS) is 18.6. The maximum absolute atomic E-state index is 5.74. The van der Waals surface area contributed by atoms with Crippen molar-refractivity contribution < 1.29 is 25.1 Å². The summed E-state index contributed by atoms with van der Waals surface area (Å²) in [6.45, 7) is 14.7. The summed E-state index contributed by atoms with van der Waals surface area (Å²) in [5.41, 5.74) is 11.7. The van der Waals surface area contributed by atoms with Gasteiger partial charge in [-0.15, -0.1) is 0 Å². The molecule has 1 atom stereocenters. The van der Waals surface area contributed by atoms with E-state index < -0.39 is 20.4 Å². The van der Waals surface area contributed by atoms with Gasteiger partial charge in [-0.3, -0.25) is 0 Å². The van der Waals surface area contributed by atoms with Crippen LogP contribution in [0.3, 0.4) is 0 Å². The van der Waals surface area contributed by atoms with Gasteiger partial charge < -0.3 is 0 Å². The Balaban J connectivity index is 1.92. The Labute approximate surface area is 189 Å². The average molecular weight is 492 g/mol. The number of ether oxygens (including phenoxy) is 1. The minimum absolute atomic E-state index is 0.359. The number of hydrogen-bond acceptors (Lipinski definition) is 1. The van der Waals surface area contributed by atoms with Gasteiger partial charge in [-0.05, 0) is 0 Å². The van der Waals surface area contributed by atoms with Gasteiger partial charge in [-0.25, -0.2) is 0 Å². The number of rotatable bonds is 4. The van der Waals surface area contributed by atoms with Gasteiger partial charge in [0.05, 0.1) is 0 Å². The van der Waals surface area contributed by atoms with Crippen molar-refractivity contribution in [2.24, 2.45) is 0 Å². The standard InChI is InChI=1S/C16H13O.C9H13.C2H6Si.Zr/c1-17-16-9-5-4-8-15(16)14-11-10-12-6-2-3-7-13(12)14;1-6-5-7(2)9(4)8(6)3;1-3-2;/h2-11H,1H3;5H,1-4H3;1-2H3;. The molecule has 1 nitrogen and oxygen atoms in total. The molecule has 3 heteroatoms. The molecular formula is C27H32OSiZr. The summed E-state index contributed by atoms with van der Waals surface area (Å²) in [4.78, 5) is 0. The van der Waals surface area contributed by atoms with Crippen LogP contribution in [-0.2, 0) is 20.4 Å². The van der Waals surface area contributed by atoms with E-state index in [1.54, 1.807) is 35.0 Å². The molecule has 2 aromatic rings. The van der Waals surface area contributed by atoms with E-state index in [1.807, 2.05) is 0 Å². The molecular weight excluding hydrogens is 460 g/mol. The summed E-state index contributed by atoms with van der Waals surface area (Å²) in [5.74, 6) is 0.975. The molecule has 1 unspecified atom stereocenters. The predicted octanol–water partition coefficient (Wildman–Crippen LogP) is 7.53. The van der Waals surface area contributed by atoms with Crippen LogP contribution in [0.15, 0.2) is 76.9 Å². The molecule has 4 rings (SSSR count). The third kappa shape index (κ3) is 3.49. The van der Waals surface area contributed by atoms with Crippen molar-refractivity contribution in [2.75, 3.05) is 7.11 Å². The monoisotopic (exact) mass is 490 g/mol. The Morgan fingerprint density at radius 1 is 0.800 bits per heavy atom. The van der Waals surface area contributed by atoms with Crippen LogP contribution in [0.5, 0.6) is 5.75 Å². The number of para-hydroxylation sites is 1. The van der Waals surface area contributed by atoms with E-state index in [4.69, 9.17) is 4.74 Å². The van der Waals surface area contributed by atoms with E-state index >= 15 is 0 Å². The minimum atomic E-state index is -1.91. The molecule has 0 radical (unpaired) electrons. The Bertz CT molecular complexity index is 1120. The topological polar surface area (TPSA) is 9.23 Å². The van der Waals surface area contributed by atoms with Crippen LogP contribution >= 0.6 is 0 Å². The molecule has 154 valence electrons. The molecule has 0 bridgehead atoms. The van der Waals surface area contributed by atoms with Gasteiger partial charge in [-0.1, -0.05) is 0 Å². The summed E-state index contributed by atoms with van der Waals surface area (Å²) < 4.78 is 7.14. The Morgan fingerprint density at radius 3 is 1.97 bits per heavy atom. The van der Waals surface area contributed by atoms with Crippen molar-refractivity contribution in [3.8, 4) is 5.75 Å². The fourth-order valence-electron chi connectivity index (χ4n) is 5.31. The second kappa shape index (κ2) is 8.60. The van der Waals surface area contributed by atoms with Crippen LogP contribution in [-0.4, -0.2) is 12.5 Å². The molecule has 0 N–H and O–H groups in total. The molecule has 0 amide bonds. The Morgan fingerprint density at radius 2 is 1.37 bits per heavy atom. The molecule has 0 heterocycles.